The van der Waals surface area contributed by atoms with Crippen LogP contribution in [0, 0.1) is 5.92 Å². The summed E-state index contributed by atoms with van der Waals surface area (Å²) in [5.74, 6) is 0.248. The SMILES string of the molecule is OCc1ccc(CN2CCC[C@@H]2[C@H]2COCC[C@@H]2O)cc1. The Morgan fingerprint density at radius 3 is 2.62 bits per heavy atom. The lowest BCUT2D eigenvalue weighted by Crippen LogP contribution is -2.45. The Kier molecular flexibility index (Phi) is 4.91. The predicted molar refractivity (Wildman–Crippen MR) is 80.7 cm³/mol. The summed E-state index contributed by atoms with van der Waals surface area (Å²) in [7, 11) is 0. The lowest BCUT2D eigenvalue weighted by atomic mass is 9.89. The van der Waals surface area contributed by atoms with Gasteiger partial charge in [-0.2, -0.15) is 0 Å². The number of benzene rings is 1. The molecule has 0 bridgehead atoms. The molecule has 1 aromatic rings. The molecule has 0 aromatic heterocycles. The van der Waals surface area contributed by atoms with E-state index < -0.39 is 0 Å². The monoisotopic (exact) mass is 291 g/mol. The second kappa shape index (κ2) is 6.88. The van der Waals surface area contributed by atoms with Crippen LogP contribution in [0.3, 0.4) is 0 Å². The third-order valence-electron chi connectivity index (χ3n) is 4.86. The fourth-order valence-corrected chi connectivity index (χ4v) is 3.63. The summed E-state index contributed by atoms with van der Waals surface area (Å²) in [6.07, 6.45) is 2.89. The van der Waals surface area contributed by atoms with Gasteiger partial charge in [0.2, 0.25) is 0 Å². The molecule has 4 nitrogen and oxygen atoms in total. The van der Waals surface area contributed by atoms with Gasteiger partial charge >= 0.3 is 0 Å². The molecule has 0 amide bonds. The summed E-state index contributed by atoms with van der Waals surface area (Å²) in [4.78, 5) is 2.48. The number of likely N-dealkylation sites (tertiary alicyclic amines) is 1. The first kappa shape index (κ1) is 15.0. The zero-order chi connectivity index (χ0) is 14.7. The van der Waals surface area contributed by atoms with Gasteiger partial charge in [0, 0.05) is 25.1 Å². The number of aliphatic hydroxyl groups is 2. The van der Waals surface area contributed by atoms with Gasteiger partial charge in [0.1, 0.15) is 0 Å². The minimum Gasteiger partial charge on any atom is -0.393 e. The van der Waals surface area contributed by atoms with E-state index in [4.69, 9.17) is 9.84 Å². The molecule has 2 heterocycles. The van der Waals surface area contributed by atoms with Crippen LogP contribution in [0.2, 0.25) is 0 Å². The predicted octanol–water partition coefficient (Wildman–Crippen LogP) is 1.54. The molecule has 2 fully saturated rings. The lowest BCUT2D eigenvalue weighted by Gasteiger charge is -2.37. The van der Waals surface area contributed by atoms with Crippen molar-refractivity contribution in [3.63, 3.8) is 0 Å². The number of rotatable bonds is 4. The summed E-state index contributed by atoms with van der Waals surface area (Å²) in [5.41, 5.74) is 2.22. The summed E-state index contributed by atoms with van der Waals surface area (Å²) < 4.78 is 5.58. The van der Waals surface area contributed by atoms with E-state index in [2.05, 4.69) is 17.0 Å². The molecule has 0 saturated carbocycles. The molecule has 0 aliphatic carbocycles. The zero-order valence-electron chi connectivity index (χ0n) is 12.4. The number of ether oxygens (including phenoxy) is 1. The van der Waals surface area contributed by atoms with Crippen molar-refractivity contribution in [2.45, 2.75) is 44.6 Å². The summed E-state index contributed by atoms with van der Waals surface area (Å²) in [6.45, 7) is 3.48. The number of hydrogen-bond donors (Lipinski definition) is 2. The molecular weight excluding hydrogens is 266 g/mol. The van der Waals surface area contributed by atoms with Crippen LogP contribution >= 0.6 is 0 Å². The first-order valence-electron chi connectivity index (χ1n) is 7.96. The highest BCUT2D eigenvalue weighted by Gasteiger charge is 2.37. The van der Waals surface area contributed by atoms with Gasteiger partial charge in [-0.15, -0.1) is 0 Å². The Morgan fingerprint density at radius 1 is 1.14 bits per heavy atom. The maximum atomic E-state index is 10.2. The van der Waals surface area contributed by atoms with Gasteiger partial charge in [-0.25, -0.2) is 0 Å². The topological polar surface area (TPSA) is 52.9 Å². The van der Waals surface area contributed by atoms with Crippen molar-refractivity contribution in [2.24, 2.45) is 5.92 Å². The third-order valence-corrected chi connectivity index (χ3v) is 4.86. The summed E-state index contributed by atoms with van der Waals surface area (Å²) >= 11 is 0. The van der Waals surface area contributed by atoms with E-state index in [0.717, 1.165) is 31.5 Å². The van der Waals surface area contributed by atoms with Crippen molar-refractivity contribution in [1.82, 2.24) is 4.90 Å². The first-order valence-corrected chi connectivity index (χ1v) is 7.96. The van der Waals surface area contributed by atoms with E-state index in [1.54, 1.807) is 0 Å². The maximum Gasteiger partial charge on any atom is 0.0681 e. The fourth-order valence-electron chi connectivity index (χ4n) is 3.63. The van der Waals surface area contributed by atoms with E-state index in [1.807, 2.05) is 12.1 Å². The molecule has 2 saturated heterocycles. The number of nitrogens with zero attached hydrogens (tertiary/aromatic N) is 1. The van der Waals surface area contributed by atoms with Crippen LogP contribution in [0.25, 0.3) is 0 Å². The standard InChI is InChI=1S/C17H25NO3/c19-11-14-5-3-13(4-6-14)10-18-8-1-2-16(18)15-12-21-9-7-17(15)20/h3-6,15-17,19-20H,1-2,7-12H2/t15-,16-,17+/m1/s1. The Morgan fingerprint density at radius 2 is 1.90 bits per heavy atom. The van der Waals surface area contributed by atoms with E-state index in [0.29, 0.717) is 19.3 Å². The van der Waals surface area contributed by atoms with Crippen molar-refractivity contribution < 1.29 is 14.9 Å². The number of hydrogen-bond acceptors (Lipinski definition) is 4. The van der Waals surface area contributed by atoms with Crippen LogP contribution in [-0.4, -0.2) is 47.0 Å². The molecule has 3 atom stereocenters. The van der Waals surface area contributed by atoms with Gasteiger partial charge < -0.3 is 14.9 Å². The van der Waals surface area contributed by atoms with Crippen LogP contribution in [0.15, 0.2) is 24.3 Å². The van der Waals surface area contributed by atoms with Gasteiger partial charge in [0.05, 0.1) is 19.3 Å². The molecule has 3 rings (SSSR count). The third kappa shape index (κ3) is 3.46. The van der Waals surface area contributed by atoms with Gasteiger partial charge in [-0.05, 0) is 36.9 Å². The first-order chi connectivity index (χ1) is 10.3. The molecule has 2 aliphatic rings. The zero-order valence-corrected chi connectivity index (χ0v) is 12.4. The number of aliphatic hydroxyl groups excluding tert-OH is 2. The van der Waals surface area contributed by atoms with Crippen LogP contribution in [-0.2, 0) is 17.9 Å². The molecule has 0 unspecified atom stereocenters. The highest BCUT2D eigenvalue weighted by molar-refractivity contribution is 5.22. The second-order valence-electron chi connectivity index (χ2n) is 6.25. The van der Waals surface area contributed by atoms with Crippen molar-refractivity contribution in [1.29, 1.82) is 0 Å². The summed E-state index contributed by atoms with van der Waals surface area (Å²) in [5, 5.41) is 19.3. The molecular formula is C17H25NO3. The maximum absolute atomic E-state index is 10.2. The average Bonchev–Trinajstić information content (AvgIpc) is 2.96. The normalized spacial score (nSPS) is 30.7. The highest BCUT2D eigenvalue weighted by Crippen LogP contribution is 2.30. The Hall–Kier alpha value is -0.940. The highest BCUT2D eigenvalue weighted by atomic mass is 16.5. The molecule has 0 spiro atoms. The molecule has 0 radical (unpaired) electrons. The van der Waals surface area contributed by atoms with E-state index in [1.165, 1.54) is 12.0 Å². The van der Waals surface area contributed by atoms with E-state index >= 15 is 0 Å². The van der Waals surface area contributed by atoms with Gasteiger partial charge in [0.25, 0.3) is 0 Å². The van der Waals surface area contributed by atoms with Crippen molar-refractivity contribution in [3.05, 3.63) is 35.4 Å². The average molecular weight is 291 g/mol. The van der Waals surface area contributed by atoms with Gasteiger partial charge in [-0.3, -0.25) is 4.90 Å². The van der Waals surface area contributed by atoms with Crippen LogP contribution in [0.5, 0.6) is 0 Å². The van der Waals surface area contributed by atoms with E-state index in [9.17, 15) is 5.11 Å². The molecule has 116 valence electrons. The summed E-state index contributed by atoms with van der Waals surface area (Å²) in [6, 6.07) is 8.58. The van der Waals surface area contributed by atoms with Crippen LogP contribution in [0.4, 0.5) is 0 Å². The van der Waals surface area contributed by atoms with Gasteiger partial charge in [0.15, 0.2) is 0 Å². The molecule has 1 aromatic carbocycles. The van der Waals surface area contributed by atoms with Crippen molar-refractivity contribution >= 4 is 0 Å². The Balaban J connectivity index is 1.65. The molecule has 4 heteroatoms. The smallest absolute Gasteiger partial charge is 0.0681 e. The van der Waals surface area contributed by atoms with Crippen LogP contribution in [0.1, 0.15) is 30.4 Å². The minimum atomic E-state index is -0.221. The van der Waals surface area contributed by atoms with Crippen molar-refractivity contribution in [3.8, 4) is 0 Å². The minimum absolute atomic E-state index is 0.0955. The Bertz CT molecular complexity index is 448. The van der Waals surface area contributed by atoms with Crippen LogP contribution < -0.4 is 0 Å². The second-order valence-corrected chi connectivity index (χ2v) is 6.25. The molecule has 21 heavy (non-hydrogen) atoms. The Labute approximate surface area is 126 Å². The molecule has 2 N–H and O–H groups in total. The van der Waals surface area contributed by atoms with Crippen molar-refractivity contribution in [2.75, 3.05) is 19.8 Å². The van der Waals surface area contributed by atoms with E-state index in [-0.39, 0.29) is 18.6 Å². The lowest BCUT2D eigenvalue weighted by molar-refractivity contribution is -0.0636. The largest absolute Gasteiger partial charge is 0.393 e. The fraction of sp³-hybridized carbons (Fsp3) is 0.647. The van der Waals surface area contributed by atoms with Gasteiger partial charge in [-0.1, -0.05) is 24.3 Å². The molecule has 2 aliphatic heterocycles. The quantitative estimate of drug-likeness (QED) is 0.883.